The molecular formula is C12H19FINOSi. The Labute approximate surface area is 120 Å². The first kappa shape index (κ1) is 12.0. The number of aromatic nitrogens is 1. The first-order valence-electron chi connectivity index (χ1n) is 6.39. The van der Waals surface area contributed by atoms with Crippen LogP contribution in [0.25, 0.3) is 0 Å². The zero-order valence-corrected chi connectivity index (χ0v) is 13.9. The van der Waals surface area contributed by atoms with E-state index >= 15 is 0 Å². The predicted molar refractivity (Wildman–Crippen MR) is 78.9 cm³/mol. The van der Waals surface area contributed by atoms with Crippen molar-refractivity contribution in [2.45, 2.75) is 45.5 Å². The van der Waals surface area contributed by atoms with E-state index in [9.17, 15) is 4.39 Å². The molecule has 0 bridgehead atoms. The molecular weight excluding hydrogens is 348 g/mol. The Kier molecular flexibility index (Phi) is 3.77. The Morgan fingerprint density at radius 2 is 2.12 bits per heavy atom. The van der Waals surface area contributed by atoms with Gasteiger partial charge in [-0.1, -0.05) is 20.8 Å². The van der Waals surface area contributed by atoms with Crippen LogP contribution in [0.5, 0.6) is 0 Å². The van der Waals surface area contributed by atoms with Gasteiger partial charge in [-0.05, 0) is 46.8 Å². The van der Waals surface area contributed by atoms with Gasteiger partial charge in [0.1, 0.15) is 5.69 Å². The highest BCUT2D eigenvalue weighted by molar-refractivity contribution is 14.1. The standard InChI is InChI=1S/C12H19FINOSi/c1-12(2,3)17(4,5)16-8-10-11(13)9(14)6-7-15-10/h6-7H,8H2,1-5H3/i8D2. The minimum Gasteiger partial charge on any atom is -0.411 e. The maximum absolute atomic E-state index is 14.0. The van der Waals surface area contributed by atoms with Gasteiger partial charge in [0, 0.05) is 6.20 Å². The molecule has 1 heterocycles. The fourth-order valence-electron chi connectivity index (χ4n) is 0.820. The van der Waals surface area contributed by atoms with Crippen LogP contribution < -0.4 is 0 Å². The monoisotopic (exact) mass is 369 g/mol. The van der Waals surface area contributed by atoms with Gasteiger partial charge in [0.2, 0.25) is 0 Å². The number of pyridine rings is 1. The smallest absolute Gasteiger partial charge is 0.192 e. The highest BCUT2D eigenvalue weighted by Gasteiger charge is 2.37. The average molecular weight is 369 g/mol. The molecule has 0 spiro atoms. The maximum atomic E-state index is 14.0. The Morgan fingerprint density at radius 3 is 2.65 bits per heavy atom. The Bertz CT molecular complexity index is 477. The lowest BCUT2D eigenvalue weighted by Crippen LogP contribution is -2.40. The summed E-state index contributed by atoms with van der Waals surface area (Å²) >= 11 is 1.82. The lowest BCUT2D eigenvalue weighted by Gasteiger charge is -2.36. The van der Waals surface area contributed by atoms with Crippen LogP contribution >= 0.6 is 22.6 Å². The molecule has 0 radical (unpaired) electrons. The zero-order valence-electron chi connectivity index (χ0n) is 12.8. The summed E-state index contributed by atoms with van der Waals surface area (Å²) in [5.74, 6) is -0.646. The molecule has 0 aliphatic rings. The Morgan fingerprint density at radius 1 is 1.53 bits per heavy atom. The van der Waals surface area contributed by atoms with Gasteiger partial charge in [-0.25, -0.2) is 4.39 Å². The van der Waals surface area contributed by atoms with Crippen molar-refractivity contribution in [1.82, 2.24) is 4.98 Å². The molecule has 0 N–H and O–H groups in total. The van der Waals surface area contributed by atoms with Crippen LogP contribution in [0, 0.1) is 9.39 Å². The lowest BCUT2D eigenvalue weighted by molar-refractivity contribution is 0.266. The number of hydrogen-bond acceptors (Lipinski definition) is 2. The van der Waals surface area contributed by atoms with E-state index < -0.39 is 20.7 Å². The summed E-state index contributed by atoms with van der Waals surface area (Å²) in [5, 5.41) is -0.154. The molecule has 0 saturated heterocycles. The number of nitrogens with zero attached hydrogens (tertiary/aromatic N) is 1. The maximum Gasteiger partial charge on any atom is 0.192 e. The van der Waals surface area contributed by atoms with Gasteiger partial charge in [0.25, 0.3) is 0 Å². The van der Waals surface area contributed by atoms with Gasteiger partial charge in [-0.3, -0.25) is 4.98 Å². The molecule has 0 fully saturated rings. The highest BCUT2D eigenvalue weighted by atomic mass is 127. The van der Waals surface area contributed by atoms with Gasteiger partial charge in [0.15, 0.2) is 14.1 Å². The summed E-state index contributed by atoms with van der Waals surface area (Å²) in [7, 11) is -2.35. The molecule has 1 aromatic heterocycles. The van der Waals surface area contributed by atoms with E-state index in [2.05, 4.69) is 4.98 Å². The van der Waals surface area contributed by atoms with Crippen molar-refractivity contribution in [3.63, 3.8) is 0 Å². The van der Waals surface area contributed by atoms with Crippen molar-refractivity contribution < 1.29 is 11.6 Å². The third-order valence-corrected chi connectivity index (χ3v) is 8.11. The molecule has 0 aliphatic carbocycles. The van der Waals surface area contributed by atoms with Crippen LogP contribution in [0.3, 0.4) is 0 Å². The Balaban J connectivity index is 3.15. The Hall–Kier alpha value is -0.0131. The quantitative estimate of drug-likeness (QED) is 0.584. The summed E-state index contributed by atoms with van der Waals surface area (Å²) < 4.78 is 36.0. The van der Waals surface area contributed by atoms with Crippen molar-refractivity contribution in [3.05, 3.63) is 27.3 Å². The summed E-state index contributed by atoms with van der Waals surface area (Å²) in [5.41, 5.74) is -0.274. The summed E-state index contributed by atoms with van der Waals surface area (Å²) in [6, 6.07) is 1.50. The lowest BCUT2D eigenvalue weighted by atomic mass is 10.2. The topological polar surface area (TPSA) is 22.1 Å². The fraction of sp³-hybridized carbons (Fsp3) is 0.583. The van der Waals surface area contributed by atoms with Gasteiger partial charge in [-0.2, -0.15) is 0 Å². The molecule has 0 unspecified atom stereocenters. The first-order valence-corrected chi connectivity index (χ1v) is 9.38. The second kappa shape index (κ2) is 5.32. The van der Waals surface area contributed by atoms with Crippen LogP contribution in [-0.4, -0.2) is 13.3 Å². The first-order chi connectivity index (χ1) is 8.38. The van der Waals surface area contributed by atoms with E-state index in [-0.39, 0.29) is 10.7 Å². The molecule has 1 aromatic rings. The van der Waals surface area contributed by atoms with Gasteiger partial charge in [-0.15, -0.1) is 0 Å². The largest absolute Gasteiger partial charge is 0.411 e. The summed E-state index contributed by atoms with van der Waals surface area (Å²) in [4.78, 5) is 3.82. The van der Waals surface area contributed by atoms with E-state index in [1.165, 1.54) is 12.3 Å². The van der Waals surface area contributed by atoms with Crippen LogP contribution in [-0.2, 0) is 11.0 Å². The molecule has 96 valence electrons. The minimum atomic E-state index is -2.35. The average Bonchev–Trinajstić information content (AvgIpc) is 2.18. The normalized spacial score (nSPS) is 15.5. The molecule has 0 atom stereocenters. The van der Waals surface area contributed by atoms with Crippen LogP contribution in [0.1, 0.15) is 29.2 Å². The highest BCUT2D eigenvalue weighted by Crippen LogP contribution is 2.37. The summed E-state index contributed by atoms with van der Waals surface area (Å²) in [6.07, 6.45) is 1.40. The molecule has 0 saturated carbocycles. The van der Waals surface area contributed by atoms with Crippen molar-refractivity contribution in [1.29, 1.82) is 0 Å². The molecule has 0 amide bonds. The third kappa shape index (κ3) is 3.72. The van der Waals surface area contributed by atoms with Gasteiger partial charge < -0.3 is 4.43 Å². The number of halogens is 2. The fourth-order valence-corrected chi connectivity index (χ4v) is 1.89. The van der Waals surface area contributed by atoms with Crippen LogP contribution in [0.15, 0.2) is 12.3 Å². The second-order valence-corrected chi connectivity index (χ2v) is 11.3. The SMILES string of the molecule is [2H]C([2H])(O[Si](C)(C)C(C)(C)C)c1nccc(I)c1F. The minimum absolute atomic E-state index is 0.154. The number of hydrogen-bond donors (Lipinski definition) is 0. The zero-order chi connectivity index (χ0) is 15.1. The second-order valence-electron chi connectivity index (χ2n) is 5.42. The van der Waals surface area contributed by atoms with Crippen LogP contribution in [0.4, 0.5) is 4.39 Å². The molecule has 17 heavy (non-hydrogen) atoms. The molecule has 0 aliphatic heterocycles. The summed E-state index contributed by atoms with van der Waals surface area (Å²) in [6.45, 7) is 7.66. The van der Waals surface area contributed by atoms with Gasteiger partial charge >= 0.3 is 0 Å². The van der Waals surface area contributed by atoms with Crippen molar-refractivity contribution in [2.75, 3.05) is 0 Å². The van der Waals surface area contributed by atoms with Crippen LogP contribution in [0.2, 0.25) is 18.1 Å². The van der Waals surface area contributed by atoms with Crippen molar-refractivity contribution in [2.24, 2.45) is 0 Å². The predicted octanol–water partition coefficient (Wildman–Crippen LogP) is 4.35. The van der Waals surface area contributed by atoms with E-state index in [0.717, 1.165) is 0 Å². The van der Waals surface area contributed by atoms with E-state index in [4.69, 9.17) is 7.17 Å². The molecule has 1 rings (SSSR count). The van der Waals surface area contributed by atoms with Gasteiger partial charge in [0.05, 0.1) is 12.9 Å². The van der Waals surface area contributed by atoms with E-state index in [0.29, 0.717) is 3.57 Å². The number of rotatable bonds is 3. The van der Waals surface area contributed by atoms with E-state index in [1.807, 2.05) is 56.5 Å². The molecule has 0 aromatic carbocycles. The van der Waals surface area contributed by atoms with Crippen molar-refractivity contribution >= 4 is 30.9 Å². The third-order valence-electron chi connectivity index (χ3n) is 3.05. The molecule has 5 heteroatoms. The molecule has 2 nitrogen and oxygen atoms in total. The van der Waals surface area contributed by atoms with Crippen molar-refractivity contribution in [3.8, 4) is 0 Å². The van der Waals surface area contributed by atoms with E-state index in [1.54, 1.807) is 0 Å².